The van der Waals surface area contributed by atoms with Crippen LogP contribution in [0.2, 0.25) is 0 Å². The summed E-state index contributed by atoms with van der Waals surface area (Å²) in [6.07, 6.45) is 0. The van der Waals surface area contributed by atoms with Gasteiger partial charge in [0.25, 0.3) is 5.91 Å². The molecule has 2 aromatic heterocycles. The van der Waals surface area contributed by atoms with Gasteiger partial charge in [0.2, 0.25) is 5.82 Å². The number of carbonyl (C=O) groups is 1. The Hall–Kier alpha value is -3.39. The number of aromatic nitrogens is 3. The average molecular weight is 404 g/mol. The van der Waals surface area contributed by atoms with Crippen LogP contribution < -0.4 is 5.32 Å². The molecule has 2 heterocycles. The molecule has 1 amide bonds. The van der Waals surface area contributed by atoms with Crippen LogP contribution in [0.5, 0.6) is 0 Å². The minimum absolute atomic E-state index is 0.103. The molecule has 0 aliphatic rings. The first-order chi connectivity index (χ1) is 14.0. The van der Waals surface area contributed by atoms with Crippen LogP contribution in [0.1, 0.15) is 21.7 Å². The van der Waals surface area contributed by atoms with E-state index in [0.717, 1.165) is 37.8 Å². The predicted molar refractivity (Wildman–Crippen MR) is 114 cm³/mol. The third-order valence-corrected chi connectivity index (χ3v) is 5.54. The van der Waals surface area contributed by atoms with Crippen molar-refractivity contribution in [1.29, 1.82) is 0 Å². The van der Waals surface area contributed by atoms with Crippen LogP contribution in [0.25, 0.3) is 10.9 Å². The maximum absolute atomic E-state index is 12.1. The van der Waals surface area contributed by atoms with Crippen LogP contribution in [-0.2, 0) is 0 Å². The fourth-order valence-electron chi connectivity index (χ4n) is 3.04. The lowest BCUT2D eigenvalue weighted by atomic mass is 10.2. The number of amides is 1. The molecule has 0 aliphatic heterocycles. The fraction of sp³-hybridized carbons (Fsp3) is 0.143. The van der Waals surface area contributed by atoms with E-state index in [4.69, 9.17) is 0 Å². The molecular formula is C21H20N6OS. The van der Waals surface area contributed by atoms with Crippen molar-refractivity contribution in [3.8, 4) is 0 Å². The number of fused-ring (bicyclic) bond motifs is 1. The van der Waals surface area contributed by atoms with E-state index in [2.05, 4.69) is 30.7 Å². The van der Waals surface area contributed by atoms with Crippen molar-refractivity contribution in [3.63, 3.8) is 0 Å². The molecule has 0 saturated heterocycles. The Balaban J connectivity index is 1.61. The van der Waals surface area contributed by atoms with Gasteiger partial charge in [-0.25, -0.2) is 0 Å². The lowest BCUT2D eigenvalue weighted by molar-refractivity contribution is 0.0960. The molecule has 4 aromatic rings. The summed E-state index contributed by atoms with van der Waals surface area (Å²) in [4.78, 5) is 17.2. The molecule has 0 bridgehead atoms. The predicted octanol–water partition coefficient (Wildman–Crippen LogP) is 5.43. The Kier molecular flexibility index (Phi) is 5.18. The van der Waals surface area contributed by atoms with E-state index < -0.39 is 0 Å². The standard InChI is InChI=1S/C21H20N6OS/c1-12-10-17(13(2)23-12)24-26-20-15-9-8-14(11-18(15)25-27-20)29-19-7-5-4-6-16(19)21(28)22-3/h4-11,23H,1-3H3,(H,22,28)(H,25,27). The molecule has 0 saturated carbocycles. The molecule has 2 aromatic carbocycles. The molecule has 7 nitrogen and oxygen atoms in total. The van der Waals surface area contributed by atoms with E-state index in [0.29, 0.717) is 11.4 Å². The van der Waals surface area contributed by atoms with Crippen LogP contribution in [-0.4, -0.2) is 28.1 Å². The highest BCUT2D eigenvalue weighted by Crippen LogP contribution is 2.34. The fourth-order valence-corrected chi connectivity index (χ4v) is 4.03. The zero-order valence-electron chi connectivity index (χ0n) is 16.3. The number of hydrogen-bond donors (Lipinski definition) is 3. The van der Waals surface area contributed by atoms with E-state index in [1.165, 1.54) is 11.8 Å². The second-order valence-electron chi connectivity index (χ2n) is 6.59. The molecule has 0 atom stereocenters. The highest BCUT2D eigenvalue weighted by molar-refractivity contribution is 7.99. The molecule has 0 unspecified atom stereocenters. The van der Waals surface area contributed by atoms with Crippen molar-refractivity contribution >= 4 is 40.1 Å². The van der Waals surface area contributed by atoms with Crippen molar-refractivity contribution in [2.75, 3.05) is 7.05 Å². The number of carbonyl (C=O) groups excluding carboxylic acids is 1. The Morgan fingerprint density at radius 1 is 1.10 bits per heavy atom. The first-order valence-corrected chi connectivity index (χ1v) is 9.92. The normalized spacial score (nSPS) is 11.4. The largest absolute Gasteiger partial charge is 0.361 e. The van der Waals surface area contributed by atoms with Gasteiger partial charge in [-0.05, 0) is 50.2 Å². The summed E-state index contributed by atoms with van der Waals surface area (Å²) in [7, 11) is 1.63. The lowest BCUT2D eigenvalue weighted by Crippen LogP contribution is -2.18. The number of aryl methyl sites for hydroxylation is 2. The van der Waals surface area contributed by atoms with Gasteiger partial charge in [-0.3, -0.25) is 9.89 Å². The van der Waals surface area contributed by atoms with Crippen molar-refractivity contribution < 1.29 is 4.79 Å². The number of benzene rings is 2. The maximum Gasteiger partial charge on any atom is 0.252 e. The smallest absolute Gasteiger partial charge is 0.252 e. The molecule has 0 aliphatic carbocycles. The third-order valence-electron chi connectivity index (χ3n) is 4.48. The monoisotopic (exact) mass is 404 g/mol. The van der Waals surface area contributed by atoms with Crippen LogP contribution in [0.3, 0.4) is 0 Å². The van der Waals surface area contributed by atoms with Crippen LogP contribution in [0, 0.1) is 13.8 Å². The number of azo groups is 1. The Labute approximate surface area is 172 Å². The SMILES string of the molecule is CNC(=O)c1ccccc1Sc1ccc2c(N=Nc3cc(C)[nH]c3C)n[nH]c2c1. The van der Waals surface area contributed by atoms with Gasteiger partial charge >= 0.3 is 0 Å². The Morgan fingerprint density at radius 3 is 2.69 bits per heavy atom. The van der Waals surface area contributed by atoms with Crippen molar-refractivity contribution in [1.82, 2.24) is 20.5 Å². The summed E-state index contributed by atoms with van der Waals surface area (Å²) >= 11 is 1.53. The Bertz CT molecular complexity index is 1220. The molecule has 29 heavy (non-hydrogen) atoms. The average Bonchev–Trinajstić information content (AvgIpc) is 3.27. The molecule has 3 N–H and O–H groups in total. The third kappa shape index (κ3) is 3.93. The number of nitrogens with zero attached hydrogens (tertiary/aromatic N) is 3. The number of hydrogen-bond acceptors (Lipinski definition) is 5. The number of H-pyrrole nitrogens is 2. The summed E-state index contributed by atoms with van der Waals surface area (Å²) in [6.45, 7) is 3.95. The van der Waals surface area contributed by atoms with E-state index >= 15 is 0 Å². The van der Waals surface area contributed by atoms with Crippen molar-refractivity contribution in [2.24, 2.45) is 10.2 Å². The van der Waals surface area contributed by atoms with Gasteiger partial charge in [0.1, 0.15) is 5.69 Å². The summed E-state index contributed by atoms with van der Waals surface area (Å²) in [5.41, 5.74) is 4.33. The zero-order valence-corrected chi connectivity index (χ0v) is 17.1. The van der Waals surface area contributed by atoms with E-state index in [-0.39, 0.29) is 5.91 Å². The summed E-state index contributed by atoms with van der Waals surface area (Å²) in [6, 6.07) is 15.4. The van der Waals surface area contributed by atoms with E-state index in [1.807, 2.05) is 62.4 Å². The Morgan fingerprint density at radius 2 is 1.93 bits per heavy atom. The summed E-state index contributed by atoms with van der Waals surface area (Å²) < 4.78 is 0. The maximum atomic E-state index is 12.1. The van der Waals surface area contributed by atoms with E-state index in [1.54, 1.807) is 7.05 Å². The highest BCUT2D eigenvalue weighted by Gasteiger charge is 2.12. The summed E-state index contributed by atoms with van der Waals surface area (Å²) in [5, 5.41) is 19.5. The van der Waals surface area contributed by atoms with Gasteiger partial charge in [-0.1, -0.05) is 23.9 Å². The van der Waals surface area contributed by atoms with Crippen molar-refractivity contribution in [3.05, 3.63) is 65.5 Å². The molecule has 4 rings (SSSR count). The minimum Gasteiger partial charge on any atom is -0.361 e. The van der Waals surface area contributed by atoms with Crippen LogP contribution in [0.15, 0.2) is 68.6 Å². The van der Waals surface area contributed by atoms with Crippen molar-refractivity contribution in [2.45, 2.75) is 23.6 Å². The minimum atomic E-state index is -0.103. The first kappa shape index (κ1) is 18.9. The van der Waals surface area contributed by atoms with Crippen LogP contribution in [0.4, 0.5) is 11.5 Å². The second-order valence-corrected chi connectivity index (χ2v) is 7.71. The second kappa shape index (κ2) is 7.92. The molecule has 8 heteroatoms. The van der Waals surface area contributed by atoms with Gasteiger partial charge < -0.3 is 10.3 Å². The van der Waals surface area contributed by atoms with Gasteiger partial charge in [0.15, 0.2) is 0 Å². The molecule has 0 spiro atoms. The lowest BCUT2D eigenvalue weighted by Gasteiger charge is -2.07. The van der Waals surface area contributed by atoms with Gasteiger partial charge in [0, 0.05) is 33.6 Å². The number of aromatic amines is 2. The van der Waals surface area contributed by atoms with Crippen LogP contribution >= 0.6 is 11.8 Å². The summed E-state index contributed by atoms with van der Waals surface area (Å²) in [5.74, 6) is 0.439. The van der Waals surface area contributed by atoms with Gasteiger partial charge in [0.05, 0.1) is 11.1 Å². The molecule has 0 fully saturated rings. The molecular weight excluding hydrogens is 384 g/mol. The topological polar surface area (TPSA) is 98.3 Å². The van der Waals surface area contributed by atoms with Gasteiger partial charge in [-0.15, -0.1) is 10.2 Å². The van der Waals surface area contributed by atoms with E-state index in [9.17, 15) is 4.79 Å². The molecule has 146 valence electrons. The number of nitrogens with one attached hydrogen (secondary N) is 3. The molecule has 0 radical (unpaired) electrons. The first-order valence-electron chi connectivity index (χ1n) is 9.10. The zero-order chi connectivity index (χ0) is 20.4. The number of rotatable bonds is 5. The quantitative estimate of drug-likeness (QED) is 0.387. The highest BCUT2D eigenvalue weighted by atomic mass is 32.2. The van der Waals surface area contributed by atoms with Gasteiger partial charge in [-0.2, -0.15) is 5.10 Å².